The van der Waals surface area contributed by atoms with Gasteiger partial charge in [0.05, 0.1) is 12.1 Å². The van der Waals surface area contributed by atoms with Gasteiger partial charge in [0, 0.05) is 5.69 Å². The van der Waals surface area contributed by atoms with Crippen molar-refractivity contribution in [2.45, 2.75) is 26.3 Å². The number of carboxylic acids is 1. The molecule has 1 rings (SSSR count). The molecule has 0 radical (unpaired) electrons. The highest BCUT2D eigenvalue weighted by molar-refractivity contribution is 6.32. The predicted molar refractivity (Wildman–Crippen MR) is 81.0 cm³/mol. The lowest BCUT2D eigenvalue weighted by Gasteiger charge is -2.17. The second-order valence-corrected chi connectivity index (χ2v) is 5.38. The lowest BCUT2D eigenvalue weighted by Crippen LogP contribution is -2.43. The molecule has 0 spiro atoms. The maximum atomic E-state index is 11.8. The minimum atomic E-state index is -1.06. The Morgan fingerprint density at radius 1 is 1.38 bits per heavy atom. The molecule has 7 heteroatoms. The third-order valence-corrected chi connectivity index (χ3v) is 3.02. The lowest BCUT2D eigenvalue weighted by atomic mass is 10.0. The van der Waals surface area contributed by atoms with Crippen molar-refractivity contribution in [2.24, 2.45) is 5.92 Å². The van der Waals surface area contributed by atoms with E-state index in [2.05, 4.69) is 10.6 Å². The number of carboxylic acid groups (broad SMARTS) is 1. The zero-order valence-electron chi connectivity index (χ0n) is 12.1. The number of anilines is 1. The van der Waals surface area contributed by atoms with Gasteiger partial charge < -0.3 is 20.5 Å². The molecule has 0 saturated carbocycles. The van der Waals surface area contributed by atoms with E-state index in [9.17, 15) is 9.59 Å². The molecule has 0 bridgehead atoms. The molecule has 0 aromatic heterocycles. The number of urea groups is 1. The molecule has 0 heterocycles. The average molecular weight is 315 g/mol. The second kappa shape index (κ2) is 7.73. The summed E-state index contributed by atoms with van der Waals surface area (Å²) in [7, 11) is 1.49. The van der Waals surface area contributed by atoms with Crippen molar-refractivity contribution < 1.29 is 19.4 Å². The highest BCUT2D eigenvalue weighted by Crippen LogP contribution is 2.27. The highest BCUT2D eigenvalue weighted by Gasteiger charge is 2.21. The summed E-state index contributed by atoms with van der Waals surface area (Å²) in [5.41, 5.74) is 0.451. The lowest BCUT2D eigenvalue weighted by molar-refractivity contribution is -0.139. The fraction of sp³-hybridized carbons (Fsp3) is 0.429. The van der Waals surface area contributed by atoms with Crippen LogP contribution in [-0.4, -0.2) is 30.3 Å². The molecule has 0 fully saturated rings. The van der Waals surface area contributed by atoms with Crippen molar-refractivity contribution in [1.29, 1.82) is 0 Å². The summed E-state index contributed by atoms with van der Waals surface area (Å²) in [5, 5.41) is 14.4. The molecule has 0 aliphatic carbocycles. The monoisotopic (exact) mass is 314 g/mol. The number of halogens is 1. The fourth-order valence-corrected chi connectivity index (χ4v) is 2.02. The first-order valence-electron chi connectivity index (χ1n) is 6.47. The van der Waals surface area contributed by atoms with Crippen molar-refractivity contribution >= 4 is 29.3 Å². The Kier molecular flexibility index (Phi) is 6.30. The van der Waals surface area contributed by atoms with Crippen LogP contribution < -0.4 is 15.4 Å². The number of methoxy groups -OCH3 is 1. The molecule has 0 aliphatic heterocycles. The number of aliphatic carboxylic acids is 1. The molecule has 116 valence electrons. The van der Waals surface area contributed by atoms with Gasteiger partial charge >= 0.3 is 12.0 Å². The van der Waals surface area contributed by atoms with Crippen molar-refractivity contribution in [1.82, 2.24) is 5.32 Å². The standard InChI is InChI=1S/C14H19ClN2O4/c1-8(2)6-11(13(18)19)17-14(20)16-9-4-5-12(21-3)10(15)7-9/h4-5,7-8,11H,6H2,1-3H3,(H,18,19)(H2,16,17,20)/t11-/m1/s1. The van der Waals surface area contributed by atoms with Gasteiger partial charge in [-0.25, -0.2) is 9.59 Å². The van der Waals surface area contributed by atoms with Crippen LogP contribution in [0.4, 0.5) is 10.5 Å². The molecule has 2 amide bonds. The van der Waals surface area contributed by atoms with Gasteiger partial charge in [0.25, 0.3) is 0 Å². The van der Waals surface area contributed by atoms with Gasteiger partial charge in [-0.2, -0.15) is 0 Å². The minimum absolute atomic E-state index is 0.154. The van der Waals surface area contributed by atoms with Crippen LogP contribution in [0.3, 0.4) is 0 Å². The third kappa shape index (κ3) is 5.51. The molecule has 0 saturated heterocycles. The summed E-state index contributed by atoms with van der Waals surface area (Å²) in [6.45, 7) is 3.78. The van der Waals surface area contributed by atoms with Gasteiger partial charge in [0.15, 0.2) is 0 Å². The van der Waals surface area contributed by atoms with Crippen LogP contribution in [0.2, 0.25) is 5.02 Å². The largest absolute Gasteiger partial charge is 0.495 e. The number of ether oxygens (including phenoxy) is 1. The Morgan fingerprint density at radius 3 is 2.52 bits per heavy atom. The quantitative estimate of drug-likeness (QED) is 0.753. The van der Waals surface area contributed by atoms with Gasteiger partial charge in [-0.3, -0.25) is 0 Å². The average Bonchev–Trinajstić information content (AvgIpc) is 2.37. The Balaban J connectivity index is 2.67. The summed E-state index contributed by atoms with van der Waals surface area (Å²) < 4.78 is 5.01. The molecule has 0 aliphatic rings. The fourth-order valence-electron chi connectivity index (χ4n) is 1.76. The number of amides is 2. The molecule has 1 atom stereocenters. The molecule has 1 aromatic carbocycles. The summed E-state index contributed by atoms with van der Waals surface area (Å²) in [5.74, 6) is -0.417. The molecule has 6 nitrogen and oxygen atoms in total. The van der Waals surface area contributed by atoms with Gasteiger partial charge in [0.1, 0.15) is 11.8 Å². The Bertz CT molecular complexity index is 520. The summed E-state index contributed by atoms with van der Waals surface area (Å²) in [6.07, 6.45) is 0.353. The molecule has 1 aromatic rings. The van der Waals surface area contributed by atoms with Gasteiger partial charge in [-0.05, 0) is 30.5 Å². The van der Waals surface area contributed by atoms with Crippen LogP contribution in [0, 0.1) is 5.92 Å². The van der Waals surface area contributed by atoms with Crippen LogP contribution >= 0.6 is 11.6 Å². The van der Waals surface area contributed by atoms with Gasteiger partial charge in [-0.15, -0.1) is 0 Å². The highest BCUT2D eigenvalue weighted by atomic mass is 35.5. The Hall–Kier alpha value is -1.95. The number of nitrogens with one attached hydrogen (secondary N) is 2. The van der Waals surface area contributed by atoms with E-state index in [1.165, 1.54) is 13.2 Å². The maximum Gasteiger partial charge on any atom is 0.326 e. The molecule has 3 N–H and O–H groups in total. The number of hydrogen-bond acceptors (Lipinski definition) is 3. The van der Waals surface area contributed by atoms with Crippen LogP contribution in [0.5, 0.6) is 5.75 Å². The van der Waals surface area contributed by atoms with E-state index < -0.39 is 18.0 Å². The van der Waals surface area contributed by atoms with Crippen molar-refractivity contribution in [3.8, 4) is 5.75 Å². The molecule has 0 unspecified atom stereocenters. The van der Waals surface area contributed by atoms with Crippen LogP contribution in [0.25, 0.3) is 0 Å². The van der Waals surface area contributed by atoms with E-state index in [1.54, 1.807) is 12.1 Å². The Morgan fingerprint density at radius 2 is 2.05 bits per heavy atom. The van der Waals surface area contributed by atoms with Crippen molar-refractivity contribution in [3.05, 3.63) is 23.2 Å². The summed E-state index contributed by atoms with van der Waals surface area (Å²) >= 11 is 5.95. The first kappa shape index (κ1) is 17.1. The first-order valence-corrected chi connectivity index (χ1v) is 6.85. The smallest absolute Gasteiger partial charge is 0.326 e. The zero-order valence-corrected chi connectivity index (χ0v) is 12.9. The summed E-state index contributed by atoms with van der Waals surface area (Å²) in [4.78, 5) is 22.9. The molecular formula is C14H19ClN2O4. The number of benzene rings is 1. The second-order valence-electron chi connectivity index (χ2n) is 4.97. The predicted octanol–water partition coefficient (Wildman–Crippen LogP) is 2.97. The van der Waals surface area contributed by atoms with Crippen molar-refractivity contribution in [2.75, 3.05) is 12.4 Å². The SMILES string of the molecule is COc1ccc(NC(=O)N[C@H](CC(C)C)C(=O)O)cc1Cl. The van der Waals surface area contributed by atoms with Crippen LogP contribution in [-0.2, 0) is 4.79 Å². The first-order chi connectivity index (χ1) is 9.83. The van der Waals surface area contributed by atoms with E-state index in [-0.39, 0.29) is 5.92 Å². The third-order valence-electron chi connectivity index (χ3n) is 2.72. The molecule has 21 heavy (non-hydrogen) atoms. The van der Waals surface area contributed by atoms with E-state index in [0.29, 0.717) is 22.9 Å². The topological polar surface area (TPSA) is 87.7 Å². The van der Waals surface area contributed by atoms with E-state index in [4.69, 9.17) is 21.4 Å². The summed E-state index contributed by atoms with van der Waals surface area (Å²) in [6, 6.07) is 3.23. The van der Waals surface area contributed by atoms with Gasteiger partial charge in [-0.1, -0.05) is 25.4 Å². The van der Waals surface area contributed by atoms with E-state index >= 15 is 0 Å². The number of hydrogen-bond donors (Lipinski definition) is 3. The minimum Gasteiger partial charge on any atom is -0.495 e. The van der Waals surface area contributed by atoms with Crippen molar-refractivity contribution in [3.63, 3.8) is 0 Å². The Labute approximate surface area is 128 Å². The number of rotatable bonds is 6. The normalized spacial score (nSPS) is 11.9. The van der Waals surface area contributed by atoms with E-state index in [1.807, 2.05) is 13.8 Å². The maximum absolute atomic E-state index is 11.8. The van der Waals surface area contributed by atoms with Crippen LogP contribution in [0.15, 0.2) is 18.2 Å². The number of carbonyl (C=O) groups is 2. The number of carbonyl (C=O) groups excluding carboxylic acids is 1. The zero-order chi connectivity index (χ0) is 16.0. The molecular weight excluding hydrogens is 296 g/mol. The van der Waals surface area contributed by atoms with Gasteiger partial charge in [0.2, 0.25) is 0 Å². The van der Waals surface area contributed by atoms with E-state index in [0.717, 1.165) is 0 Å². The van der Waals surface area contributed by atoms with Crippen LogP contribution in [0.1, 0.15) is 20.3 Å².